The van der Waals surface area contributed by atoms with E-state index in [4.69, 9.17) is 4.74 Å². The van der Waals surface area contributed by atoms with Gasteiger partial charge in [0.05, 0.1) is 6.73 Å². The number of fused-ring (bicyclic) bond motifs is 1. The van der Waals surface area contributed by atoms with Crippen molar-refractivity contribution in [1.29, 1.82) is 0 Å². The zero-order chi connectivity index (χ0) is 30.2. The van der Waals surface area contributed by atoms with E-state index in [9.17, 15) is 1.37 Å². The first kappa shape index (κ1) is 23.8. The van der Waals surface area contributed by atoms with Gasteiger partial charge in [0.25, 0.3) is 0 Å². The largest absolute Gasteiger partial charge is 0.366 e. The number of allylic oxidation sites excluding steroid dienone is 3. The molecule has 0 aromatic heterocycles. The maximum atomic E-state index is 9.38. The molecule has 17 aliphatic rings. The lowest BCUT2D eigenvalue weighted by molar-refractivity contribution is -0.149. The first-order chi connectivity index (χ1) is 23.7. The molecule has 0 amide bonds. The maximum absolute atomic E-state index is 9.38. The topological polar surface area (TPSA) is 12.5 Å². The third-order valence-corrected chi connectivity index (χ3v) is 23.6. The Balaban J connectivity index is 0.998. The molecule has 2 heteroatoms. The fourth-order valence-corrected chi connectivity index (χ4v) is 25.0. The Hall–Kier alpha value is -0.600. The van der Waals surface area contributed by atoms with Crippen molar-refractivity contribution in [3.63, 3.8) is 0 Å². The van der Waals surface area contributed by atoms with Crippen molar-refractivity contribution >= 4 is 0 Å². The zero-order valence-corrected chi connectivity index (χ0v) is 28.4. The minimum atomic E-state index is 0.390. The smallest absolute Gasteiger partial charge is 0.0992 e. The summed E-state index contributed by atoms with van der Waals surface area (Å²) in [5.74, 6) is 28.1. The first-order valence-electron chi connectivity index (χ1n) is 22.5. The Labute approximate surface area is 283 Å². The molecule has 0 bridgehead atoms. The molecule has 0 aromatic carbocycles. The number of rotatable bonds is 3. The normalized spacial score (nSPS) is 76.1. The number of likely N-dealkylation sites (tertiary alicyclic amines) is 1. The van der Waals surface area contributed by atoms with Crippen LogP contribution in [0.2, 0.25) is 0 Å². The monoisotopic (exact) mass is 627 g/mol. The van der Waals surface area contributed by atoms with Crippen LogP contribution in [-0.4, -0.2) is 30.8 Å². The fourth-order valence-electron chi connectivity index (χ4n) is 25.0. The summed E-state index contributed by atoms with van der Waals surface area (Å²) >= 11 is 0. The van der Waals surface area contributed by atoms with E-state index in [1.807, 2.05) is 0 Å². The van der Waals surface area contributed by atoms with Gasteiger partial charge in [-0.15, -0.1) is 0 Å². The van der Waals surface area contributed by atoms with Crippen LogP contribution in [0.1, 0.15) is 66.6 Å². The Kier molecular flexibility index (Phi) is 3.52. The molecule has 16 aliphatic carbocycles. The molecule has 0 N–H and O–H groups in total. The van der Waals surface area contributed by atoms with Gasteiger partial charge in [0, 0.05) is 32.4 Å². The summed E-state index contributed by atoms with van der Waals surface area (Å²) in [7, 11) is 0. The van der Waals surface area contributed by atoms with Gasteiger partial charge in [-0.3, -0.25) is 4.90 Å². The number of nitrogens with zero attached hydrogens (tertiary/aromatic N) is 1. The number of hydrogen-bond acceptors (Lipinski definition) is 2. The van der Waals surface area contributed by atoms with E-state index in [2.05, 4.69) is 34.1 Å². The molecular weight excluding hydrogens is 571 g/mol. The van der Waals surface area contributed by atoms with E-state index in [-0.39, 0.29) is 0 Å². The molecule has 246 valence electrons. The van der Waals surface area contributed by atoms with Gasteiger partial charge in [-0.1, -0.05) is 22.3 Å². The minimum Gasteiger partial charge on any atom is -0.366 e. The summed E-state index contributed by atoms with van der Waals surface area (Å²) in [5.41, 5.74) is 8.95. The second-order valence-corrected chi connectivity index (χ2v) is 22.7. The van der Waals surface area contributed by atoms with Crippen LogP contribution in [0.3, 0.4) is 0 Å². The first-order valence-corrected chi connectivity index (χ1v) is 21.8. The third kappa shape index (κ3) is 2.01. The van der Waals surface area contributed by atoms with Crippen molar-refractivity contribution in [2.45, 2.75) is 71.2 Å². The van der Waals surface area contributed by atoms with Gasteiger partial charge in [0.15, 0.2) is 0 Å². The average Bonchev–Trinajstić information content (AvgIpc) is 3.93. The fraction of sp³-hybridized carbons (Fsp3) is 0.911. The van der Waals surface area contributed by atoms with Gasteiger partial charge >= 0.3 is 0 Å². The summed E-state index contributed by atoms with van der Waals surface area (Å²) in [6.45, 7) is 5.68. The molecule has 28 unspecified atom stereocenters. The summed E-state index contributed by atoms with van der Waals surface area (Å²) in [5, 5.41) is 0. The molecule has 2 nitrogen and oxygen atoms in total. The van der Waals surface area contributed by atoms with Gasteiger partial charge in [0.2, 0.25) is 0 Å². The summed E-state index contributed by atoms with van der Waals surface area (Å²) < 4.78 is 15.7. The Morgan fingerprint density at radius 3 is 2.06 bits per heavy atom. The van der Waals surface area contributed by atoms with E-state index < -0.39 is 0 Å². The SMILES string of the molecule is [3H]CC1N(COCC)CC2C3=C4C5C6=C(C3)CC3CC7CC8CC9CC%10CC%11CC21C1C4C2C5C4C(C63)C7C3C8C9C5C%10C(C2C5C34)C%111. The lowest BCUT2D eigenvalue weighted by atomic mass is 9.42. The predicted molar refractivity (Wildman–Crippen MR) is 177 cm³/mol. The molecule has 0 aromatic rings. The highest BCUT2D eigenvalue weighted by atomic mass is 16.5. The summed E-state index contributed by atoms with van der Waals surface area (Å²) in [6.07, 6.45) is 12.8. The number of ether oxygens (including phenoxy) is 1. The average molecular weight is 628 g/mol. The van der Waals surface area contributed by atoms with E-state index >= 15 is 0 Å². The second-order valence-electron chi connectivity index (χ2n) is 22.7. The van der Waals surface area contributed by atoms with Crippen molar-refractivity contribution in [2.24, 2.45) is 159 Å². The second kappa shape index (κ2) is 6.96. The predicted octanol–water partition coefficient (Wildman–Crippen LogP) is 7.62. The molecule has 1 heterocycles. The van der Waals surface area contributed by atoms with Gasteiger partial charge < -0.3 is 4.74 Å². The van der Waals surface area contributed by atoms with Crippen molar-refractivity contribution in [2.75, 3.05) is 19.9 Å². The third-order valence-electron chi connectivity index (χ3n) is 23.6. The minimum absolute atomic E-state index is 0.390. The van der Waals surface area contributed by atoms with Crippen LogP contribution < -0.4 is 0 Å². The molecule has 1 spiro atoms. The van der Waals surface area contributed by atoms with Crippen molar-refractivity contribution in [3.8, 4) is 0 Å². The van der Waals surface area contributed by atoms with Crippen LogP contribution in [0.25, 0.3) is 0 Å². The van der Waals surface area contributed by atoms with Crippen molar-refractivity contribution in [1.82, 2.24) is 4.90 Å². The maximum Gasteiger partial charge on any atom is 0.0992 e. The molecule has 47 heavy (non-hydrogen) atoms. The van der Waals surface area contributed by atoms with Crippen LogP contribution in [0.15, 0.2) is 22.3 Å². The lowest BCUT2D eigenvalue weighted by Gasteiger charge is -2.62. The highest BCUT2D eigenvalue weighted by Crippen LogP contribution is 2.92. The van der Waals surface area contributed by atoms with Gasteiger partial charge in [-0.2, -0.15) is 0 Å². The standard InChI is InChI=1S/C45H55NO/c1-3-47-13-46-12-23-22-10-20-8-17-6-18-5-15-4-16-7-19-9-21-11-45(23,14(46)2)44-30(21)35-29(19)34-25(16)24(15)32-28(18)33-26(17)27(20)36-31(22)43(44)42-40(35)38(34)37(32)39(33)41(36)42/h14-19,21,23-26,28-30,32-44H,3-13H2,1-2H3/i2T. The van der Waals surface area contributed by atoms with E-state index in [0.29, 0.717) is 18.4 Å². The molecule has 14 fully saturated rings. The summed E-state index contributed by atoms with van der Waals surface area (Å²) in [6, 6.07) is 0.446. The molecule has 13 saturated carbocycles. The van der Waals surface area contributed by atoms with Crippen LogP contribution >= 0.6 is 0 Å². The van der Waals surface area contributed by atoms with Gasteiger partial charge in [0.1, 0.15) is 0 Å². The number of hydrogen-bond donors (Lipinski definition) is 0. The lowest BCUT2D eigenvalue weighted by Crippen LogP contribution is -2.60. The van der Waals surface area contributed by atoms with E-state index in [1.165, 1.54) is 61.3 Å². The highest BCUT2D eigenvalue weighted by molar-refractivity contribution is 5.56. The van der Waals surface area contributed by atoms with Gasteiger partial charge in [-0.05, 0) is 213 Å². The van der Waals surface area contributed by atoms with E-state index in [1.54, 1.807) is 32.1 Å². The van der Waals surface area contributed by atoms with E-state index in [0.717, 1.165) is 132 Å². The molecule has 17 rings (SSSR count). The Morgan fingerprint density at radius 2 is 1.30 bits per heavy atom. The molecule has 1 saturated heterocycles. The molecule has 28 atom stereocenters. The van der Waals surface area contributed by atoms with Crippen molar-refractivity contribution in [3.05, 3.63) is 22.3 Å². The van der Waals surface area contributed by atoms with Crippen LogP contribution in [0.4, 0.5) is 0 Å². The Bertz CT molecular complexity index is 1750. The van der Waals surface area contributed by atoms with Crippen LogP contribution in [0, 0.1) is 159 Å². The van der Waals surface area contributed by atoms with Gasteiger partial charge in [-0.25, -0.2) is 0 Å². The van der Waals surface area contributed by atoms with Crippen LogP contribution in [0.5, 0.6) is 0 Å². The summed E-state index contributed by atoms with van der Waals surface area (Å²) in [4.78, 5) is 2.80. The Morgan fingerprint density at radius 1 is 0.681 bits per heavy atom. The zero-order valence-electron chi connectivity index (χ0n) is 29.4. The molecule has 0 radical (unpaired) electrons. The highest BCUT2D eigenvalue weighted by Gasteiger charge is 2.88. The molecule has 1 aliphatic heterocycles. The van der Waals surface area contributed by atoms with Crippen LogP contribution in [-0.2, 0) is 4.74 Å². The quantitative estimate of drug-likeness (QED) is 0.299. The molecular formula is C45H55NO. The van der Waals surface area contributed by atoms with Crippen molar-refractivity contribution < 1.29 is 6.11 Å².